The summed E-state index contributed by atoms with van der Waals surface area (Å²) in [4.78, 5) is 21.7. The van der Waals surface area contributed by atoms with E-state index in [9.17, 15) is 15.0 Å². The molecule has 0 aliphatic carbocycles. The van der Waals surface area contributed by atoms with E-state index in [4.69, 9.17) is 0 Å². The second kappa shape index (κ2) is 5.36. The topological polar surface area (TPSA) is 86.5 Å². The highest BCUT2D eigenvalue weighted by atomic mass is 16.4. The maximum Gasteiger partial charge on any atom is 0.356 e. The van der Waals surface area contributed by atoms with Crippen molar-refractivity contribution in [3.8, 4) is 0 Å². The Bertz CT molecular complexity index is 514. The van der Waals surface area contributed by atoms with Crippen molar-refractivity contribution in [1.29, 1.82) is 0 Å². The van der Waals surface area contributed by atoms with Crippen molar-refractivity contribution in [2.75, 3.05) is 18.0 Å². The molecular formula is C14H21N3O3. The molecule has 1 aromatic rings. The first kappa shape index (κ1) is 14.7. The lowest BCUT2D eigenvalue weighted by Gasteiger charge is -2.38. The zero-order chi connectivity index (χ0) is 14.9. The van der Waals surface area contributed by atoms with Crippen molar-refractivity contribution >= 4 is 11.7 Å². The van der Waals surface area contributed by atoms with E-state index >= 15 is 0 Å². The average molecular weight is 279 g/mol. The van der Waals surface area contributed by atoms with Gasteiger partial charge in [0.15, 0.2) is 5.69 Å². The van der Waals surface area contributed by atoms with Crippen LogP contribution < -0.4 is 4.90 Å². The number of aromatic carboxylic acids is 1. The summed E-state index contributed by atoms with van der Waals surface area (Å²) in [7, 11) is 0. The Morgan fingerprint density at radius 1 is 1.50 bits per heavy atom. The lowest BCUT2D eigenvalue weighted by atomic mass is 9.95. The number of hydrogen-bond donors (Lipinski definition) is 2. The Kier molecular flexibility index (Phi) is 3.94. The smallest absolute Gasteiger partial charge is 0.356 e. The van der Waals surface area contributed by atoms with E-state index in [0.717, 1.165) is 12.8 Å². The molecule has 2 rings (SSSR count). The Balaban J connectivity index is 2.38. The molecule has 1 atom stereocenters. The Hall–Kier alpha value is -1.69. The molecule has 1 aliphatic heterocycles. The highest BCUT2D eigenvalue weighted by molar-refractivity contribution is 5.92. The molecule has 1 aliphatic rings. The van der Waals surface area contributed by atoms with E-state index in [-0.39, 0.29) is 11.6 Å². The standard InChI is InChI=1S/C14H21N3O3/c1-9(2)12-15-7-10(11(16-12)13(18)19)17-6-4-5-14(3,20)8-17/h7,9,20H,4-6,8H2,1-3H3,(H,18,19). The normalized spacial score (nSPS) is 23.1. The van der Waals surface area contributed by atoms with Crippen LogP contribution in [0.3, 0.4) is 0 Å². The van der Waals surface area contributed by atoms with Gasteiger partial charge in [0.25, 0.3) is 0 Å². The van der Waals surface area contributed by atoms with Crippen LogP contribution in [0.5, 0.6) is 0 Å². The number of carboxylic acid groups (broad SMARTS) is 1. The van der Waals surface area contributed by atoms with E-state index < -0.39 is 11.6 Å². The highest BCUT2D eigenvalue weighted by Gasteiger charge is 2.31. The average Bonchev–Trinajstić information content (AvgIpc) is 2.36. The van der Waals surface area contributed by atoms with Gasteiger partial charge in [-0.3, -0.25) is 0 Å². The predicted octanol–water partition coefficient (Wildman–Crippen LogP) is 1.65. The molecule has 1 saturated heterocycles. The second-order valence-corrected chi connectivity index (χ2v) is 5.94. The highest BCUT2D eigenvalue weighted by Crippen LogP contribution is 2.27. The van der Waals surface area contributed by atoms with Crippen LogP contribution in [0.1, 0.15) is 55.8 Å². The number of nitrogens with zero attached hydrogens (tertiary/aromatic N) is 3. The Labute approximate surface area is 118 Å². The molecule has 0 saturated carbocycles. The maximum atomic E-state index is 11.4. The van der Waals surface area contributed by atoms with Crippen molar-refractivity contribution < 1.29 is 15.0 Å². The minimum atomic E-state index is -1.06. The molecule has 1 fully saturated rings. The molecule has 110 valence electrons. The lowest BCUT2D eigenvalue weighted by Crippen LogP contribution is -2.46. The summed E-state index contributed by atoms with van der Waals surface area (Å²) in [5.74, 6) is -0.462. The summed E-state index contributed by atoms with van der Waals surface area (Å²) >= 11 is 0. The molecule has 0 spiro atoms. The summed E-state index contributed by atoms with van der Waals surface area (Å²) in [6, 6.07) is 0. The molecule has 0 aromatic carbocycles. The number of aromatic nitrogens is 2. The largest absolute Gasteiger partial charge is 0.476 e. The number of β-amino-alcohol motifs (C(OH)–C–C–N with tert-alkyl or cyclic N) is 1. The maximum absolute atomic E-state index is 11.4. The SMILES string of the molecule is CC(C)c1ncc(N2CCCC(C)(O)C2)c(C(=O)O)n1. The molecule has 2 heterocycles. The third-order valence-corrected chi connectivity index (χ3v) is 3.52. The fraction of sp³-hybridized carbons (Fsp3) is 0.643. The minimum Gasteiger partial charge on any atom is -0.476 e. The first-order valence-corrected chi connectivity index (χ1v) is 6.88. The van der Waals surface area contributed by atoms with E-state index in [0.29, 0.717) is 24.6 Å². The van der Waals surface area contributed by atoms with Gasteiger partial charge in [-0.05, 0) is 19.8 Å². The summed E-state index contributed by atoms with van der Waals surface area (Å²) in [5, 5.41) is 19.5. The fourth-order valence-electron chi connectivity index (χ4n) is 2.48. The molecule has 6 heteroatoms. The van der Waals surface area contributed by atoms with E-state index in [1.165, 1.54) is 0 Å². The molecule has 1 unspecified atom stereocenters. The van der Waals surface area contributed by atoms with Gasteiger partial charge in [-0.25, -0.2) is 14.8 Å². The van der Waals surface area contributed by atoms with Gasteiger partial charge in [-0.15, -0.1) is 0 Å². The van der Waals surface area contributed by atoms with Gasteiger partial charge in [0.1, 0.15) is 5.82 Å². The third kappa shape index (κ3) is 3.07. The summed E-state index contributed by atoms with van der Waals surface area (Å²) in [6.45, 7) is 6.72. The zero-order valence-corrected chi connectivity index (χ0v) is 12.1. The van der Waals surface area contributed by atoms with E-state index in [1.807, 2.05) is 18.7 Å². The molecule has 2 N–H and O–H groups in total. The van der Waals surface area contributed by atoms with Crippen LogP contribution in [0.15, 0.2) is 6.20 Å². The van der Waals surface area contributed by atoms with Crippen molar-refractivity contribution in [2.45, 2.75) is 45.1 Å². The van der Waals surface area contributed by atoms with Gasteiger partial charge in [-0.1, -0.05) is 13.8 Å². The molecule has 0 bridgehead atoms. The van der Waals surface area contributed by atoms with Crippen molar-refractivity contribution in [1.82, 2.24) is 9.97 Å². The van der Waals surface area contributed by atoms with Crippen LogP contribution >= 0.6 is 0 Å². The summed E-state index contributed by atoms with van der Waals surface area (Å²) < 4.78 is 0. The molecule has 1 aromatic heterocycles. The first-order chi connectivity index (χ1) is 9.30. The van der Waals surface area contributed by atoms with Crippen LogP contribution in [0, 0.1) is 0 Å². The van der Waals surface area contributed by atoms with E-state index in [1.54, 1.807) is 13.1 Å². The number of anilines is 1. The lowest BCUT2D eigenvalue weighted by molar-refractivity contribution is 0.0445. The van der Waals surface area contributed by atoms with Crippen molar-refractivity contribution in [2.24, 2.45) is 0 Å². The zero-order valence-electron chi connectivity index (χ0n) is 12.1. The monoisotopic (exact) mass is 279 g/mol. The number of carboxylic acids is 1. The summed E-state index contributed by atoms with van der Waals surface area (Å²) in [5.41, 5.74) is -0.298. The van der Waals surface area contributed by atoms with Gasteiger partial charge in [0.2, 0.25) is 0 Å². The predicted molar refractivity (Wildman–Crippen MR) is 75.2 cm³/mol. The van der Waals surface area contributed by atoms with Gasteiger partial charge in [0, 0.05) is 19.0 Å². The molecule has 0 amide bonds. The third-order valence-electron chi connectivity index (χ3n) is 3.52. The number of carbonyl (C=O) groups is 1. The summed E-state index contributed by atoms with van der Waals surface area (Å²) in [6.07, 6.45) is 3.10. The van der Waals surface area contributed by atoms with Crippen LogP contribution in [-0.2, 0) is 0 Å². The molecular weight excluding hydrogens is 258 g/mol. The van der Waals surface area contributed by atoms with Crippen molar-refractivity contribution in [3.05, 3.63) is 17.7 Å². The first-order valence-electron chi connectivity index (χ1n) is 6.88. The van der Waals surface area contributed by atoms with Gasteiger partial charge < -0.3 is 15.1 Å². The second-order valence-electron chi connectivity index (χ2n) is 5.94. The molecule has 6 nitrogen and oxygen atoms in total. The Morgan fingerprint density at radius 2 is 2.20 bits per heavy atom. The van der Waals surface area contributed by atoms with E-state index in [2.05, 4.69) is 9.97 Å². The number of rotatable bonds is 3. The fourth-order valence-corrected chi connectivity index (χ4v) is 2.48. The quantitative estimate of drug-likeness (QED) is 0.875. The number of hydrogen-bond acceptors (Lipinski definition) is 5. The number of aliphatic hydroxyl groups is 1. The Morgan fingerprint density at radius 3 is 2.75 bits per heavy atom. The van der Waals surface area contributed by atoms with Crippen LogP contribution in [-0.4, -0.2) is 44.8 Å². The van der Waals surface area contributed by atoms with Crippen LogP contribution in [0.4, 0.5) is 5.69 Å². The van der Waals surface area contributed by atoms with Gasteiger partial charge in [0.05, 0.1) is 17.5 Å². The van der Waals surface area contributed by atoms with Gasteiger partial charge in [-0.2, -0.15) is 0 Å². The van der Waals surface area contributed by atoms with Gasteiger partial charge >= 0.3 is 5.97 Å². The van der Waals surface area contributed by atoms with Crippen LogP contribution in [0.25, 0.3) is 0 Å². The minimum absolute atomic E-state index is 0.0152. The molecule has 0 radical (unpaired) electrons. The van der Waals surface area contributed by atoms with Crippen molar-refractivity contribution in [3.63, 3.8) is 0 Å². The number of piperidine rings is 1. The molecule has 20 heavy (non-hydrogen) atoms. The van der Waals surface area contributed by atoms with Crippen LogP contribution in [0.2, 0.25) is 0 Å².